The quantitative estimate of drug-likeness (QED) is 0.305. The summed E-state index contributed by atoms with van der Waals surface area (Å²) in [4.78, 5) is 52.9. The van der Waals surface area contributed by atoms with Gasteiger partial charge >= 0.3 is 0 Å². The summed E-state index contributed by atoms with van der Waals surface area (Å²) in [5.41, 5.74) is 5.60. The van der Waals surface area contributed by atoms with Crippen LogP contribution < -0.4 is 14.2 Å². The van der Waals surface area contributed by atoms with Crippen molar-refractivity contribution in [3.05, 3.63) is 75.9 Å². The Balaban J connectivity index is 0.000000310. The fraction of sp³-hybridized carbons (Fsp3) is 0.410. The SMILES string of the molecule is CC1=C(C)C(C)CC1=O.CC1=CC(=O)C(C)C1.CC1=CC(=O)CC1C.COc1cc(C=O)cc(OC)c1O.COc1cc(C=O)ccc1O. The Bertz CT molecular complexity index is 1570. The summed E-state index contributed by atoms with van der Waals surface area (Å²) in [5.74, 6) is 2.87. The molecule has 0 heterocycles. The van der Waals surface area contributed by atoms with Gasteiger partial charge in [0.25, 0.3) is 0 Å². The highest BCUT2D eigenvalue weighted by Crippen LogP contribution is 2.36. The Labute approximate surface area is 289 Å². The van der Waals surface area contributed by atoms with E-state index in [4.69, 9.17) is 19.3 Å². The number of carbonyl (C=O) groups is 5. The van der Waals surface area contributed by atoms with Crippen molar-refractivity contribution in [1.29, 1.82) is 0 Å². The second-order valence-electron chi connectivity index (χ2n) is 12.2. The number of ketones is 3. The van der Waals surface area contributed by atoms with Gasteiger partial charge in [0.15, 0.2) is 40.3 Å². The molecule has 5 rings (SSSR count). The number of phenolic OH excluding ortho intramolecular Hbond substituents is 2. The summed E-state index contributed by atoms with van der Waals surface area (Å²) in [6.07, 6.45) is 7.27. The number of allylic oxidation sites excluding steroid dienone is 6. The smallest absolute Gasteiger partial charge is 0.200 e. The Morgan fingerprint density at radius 1 is 0.673 bits per heavy atom. The molecule has 0 amide bonds. The number of aldehydes is 2. The molecule has 0 radical (unpaired) electrons. The standard InChI is InChI=1S/C9H10O4.C8H8O3.C8H12O.2C7H10O/c1-12-7-3-6(5-10)4-8(13-2)9(7)11;1-11-8-4-6(5-9)2-3-7(8)10;1-5-4-8(9)7(3)6(5)2;1-5-3-7(8)4-6(5)2;1-5-3-6(2)7(8)4-5/h3-5,11H,1-2H3;2-5,10H,1H3;5H,4H2,1-3H3;3,6H,4H2,1-2H3;4,6H,3H2,1-2H3. The van der Waals surface area contributed by atoms with Crippen molar-refractivity contribution in [2.75, 3.05) is 21.3 Å². The van der Waals surface area contributed by atoms with E-state index in [2.05, 4.69) is 13.8 Å². The fourth-order valence-corrected chi connectivity index (χ4v) is 4.87. The molecule has 0 fully saturated rings. The lowest BCUT2D eigenvalue weighted by molar-refractivity contribution is -0.117. The molecule has 3 atom stereocenters. The summed E-state index contributed by atoms with van der Waals surface area (Å²) in [6, 6.07) is 7.28. The largest absolute Gasteiger partial charge is 0.504 e. The van der Waals surface area contributed by atoms with Gasteiger partial charge in [-0.25, -0.2) is 0 Å². The molecule has 2 aromatic carbocycles. The maximum atomic E-state index is 10.9. The first-order valence-electron chi connectivity index (χ1n) is 15.9. The van der Waals surface area contributed by atoms with Crippen molar-refractivity contribution >= 4 is 29.9 Å². The van der Waals surface area contributed by atoms with Gasteiger partial charge in [-0.05, 0) is 94.0 Å². The van der Waals surface area contributed by atoms with Crippen molar-refractivity contribution < 1.29 is 48.4 Å². The summed E-state index contributed by atoms with van der Waals surface area (Å²) < 4.78 is 14.5. The summed E-state index contributed by atoms with van der Waals surface area (Å²) in [6.45, 7) is 14.1. The normalized spacial score (nSPS) is 19.0. The zero-order chi connectivity index (χ0) is 37.4. The third kappa shape index (κ3) is 13.2. The minimum atomic E-state index is -0.101. The minimum absolute atomic E-state index is 0.0399. The number of ether oxygens (including phenoxy) is 3. The summed E-state index contributed by atoms with van der Waals surface area (Å²) >= 11 is 0. The molecule has 49 heavy (non-hydrogen) atoms. The van der Waals surface area contributed by atoms with Crippen molar-refractivity contribution in [3.63, 3.8) is 0 Å². The minimum Gasteiger partial charge on any atom is -0.504 e. The average molecular weight is 679 g/mol. The van der Waals surface area contributed by atoms with E-state index in [9.17, 15) is 29.1 Å². The van der Waals surface area contributed by atoms with Crippen LogP contribution in [0, 0.1) is 17.8 Å². The summed E-state index contributed by atoms with van der Waals surface area (Å²) in [5, 5.41) is 18.5. The van der Waals surface area contributed by atoms with Gasteiger partial charge in [-0.3, -0.25) is 24.0 Å². The van der Waals surface area contributed by atoms with Gasteiger partial charge in [0.2, 0.25) is 5.75 Å². The zero-order valence-corrected chi connectivity index (χ0v) is 30.2. The van der Waals surface area contributed by atoms with E-state index in [-0.39, 0.29) is 34.7 Å². The molecule has 10 heteroatoms. The highest BCUT2D eigenvalue weighted by atomic mass is 16.5. The highest BCUT2D eigenvalue weighted by Gasteiger charge is 2.22. The topological polar surface area (TPSA) is 154 Å². The molecule has 0 aliphatic heterocycles. The highest BCUT2D eigenvalue weighted by molar-refractivity contribution is 5.98. The van der Waals surface area contributed by atoms with E-state index in [1.54, 1.807) is 12.2 Å². The van der Waals surface area contributed by atoms with Crippen LogP contribution in [0.3, 0.4) is 0 Å². The number of carbonyl (C=O) groups excluding carboxylic acids is 5. The maximum absolute atomic E-state index is 10.9. The van der Waals surface area contributed by atoms with Gasteiger partial charge in [-0.15, -0.1) is 0 Å². The predicted molar refractivity (Wildman–Crippen MR) is 189 cm³/mol. The summed E-state index contributed by atoms with van der Waals surface area (Å²) in [7, 11) is 4.25. The third-order valence-electron chi connectivity index (χ3n) is 8.39. The molecule has 0 saturated heterocycles. The first-order valence-corrected chi connectivity index (χ1v) is 15.9. The van der Waals surface area contributed by atoms with Crippen molar-refractivity contribution in [2.45, 2.75) is 67.7 Å². The Morgan fingerprint density at radius 3 is 1.47 bits per heavy atom. The molecule has 2 N–H and O–H groups in total. The molecular formula is C39H50O10. The van der Waals surface area contributed by atoms with E-state index in [0.717, 1.165) is 24.8 Å². The Morgan fingerprint density at radius 2 is 1.20 bits per heavy atom. The monoisotopic (exact) mass is 678 g/mol. The molecule has 0 bridgehead atoms. The predicted octanol–water partition coefficient (Wildman–Crippen LogP) is 7.45. The van der Waals surface area contributed by atoms with Crippen LogP contribution in [0.1, 0.15) is 88.4 Å². The number of methoxy groups -OCH3 is 3. The fourth-order valence-electron chi connectivity index (χ4n) is 4.87. The second-order valence-corrected chi connectivity index (χ2v) is 12.2. The Hall–Kier alpha value is -4.99. The van der Waals surface area contributed by atoms with Gasteiger partial charge in [0, 0.05) is 29.9 Å². The van der Waals surface area contributed by atoms with Crippen LogP contribution >= 0.6 is 0 Å². The molecule has 3 aliphatic carbocycles. The molecule has 0 saturated carbocycles. The third-order valence-corrected chi connectivity index (χ3v) is 8.39. The number of benzene rings is 2. The number of Topliss-reactive ketones (excluding diaryl/α,β-unsaturated/α-hetero) is 1. The number of hydrogen-bond donors (Lipinski definition) is 2. The van der Waals surface area contributed by atoms with E-state index in [1.807, 2.05) is 34.6 Å². The first-order chi connectivity index (χ1) is 23.0. The van der Waals surface area contributed by atoms with Gasteiger partial charge in [0.1, 0.15) is 12.6 Å². The number of hydrogen-bond acceptors (Lipinski definition) is 10. The van der Waals surface area contributed by atoms with Crippen molar-refractivity contribution in [2.24, 2.45) is 17.8 Å². The molecule has 2 aromatic rings. The Kier molecular flexibility index (Phi) is 17.5. The van der Waals surface area contributed by atoms with Gasteiger partial charge in [-0.2, -0.15) is 0 Å². The molecule has 0 spiro atoms. The second kappa shape index (κ2) is 20.4. The molecule has 3 aliphatic rings. The van der Waals surface area contributed by atoms with Crippen LogP contribution in [-0.2, 0) is 14.4 Å². The molecule has 3 unspecified atom stereocenters. The molecular weight excluding hydrogens is 628 g/mol. The van der Waals surface area contributed by atoms with Crippen LogP contribution in [0.4, 0.5) is 0 Å². The van der Waals surface area contributed by atoms with E-state index in [1.165, 1.54) is 68.4 Å². The lowest BCUT2D eigenvalue weighted by atomic mass is 10.1. The van der Waals surface area contributed by atoms with Crippen molar-refractivity contribution in [1.82, 2.24) is 0 Å². The lowest BCUT2D eigenvalue weighted by Gasteiger charge is -2.08. The van der Waals surface area contributed by atoms with Gasteiger partial charge < -0.3 is 24.4 Å². The number of rotatable bonds is 5. The molecule has 266 valence electrons. The zero-order valence-electron chi connectivity index (χ0n) is 30.2. The van der Waals surface area contributed by atoms with Crippen LogP contribution in [0.15, 0.2) is 64.8 Å². The molecule has 10 nitrogen and oxygen atoms in total. The van der Waals surface area contributed by atoms with E-state index >= 15 is 0 Å². The van der Waals surface area contributed by atoms with Crippen LogP contribution in [0.2, 0.25) is 0 Å². The van der Waals surface area contributed by atoms with Crippen LogP contribution in [0.25, 0.3) is 0 Å². The number of aromatic hydroxyl groups is 2. The lowest BCUT2D eigenvalue weighted by Crippen LogP contribution is -1.99. The average Bonchev–Trinajstić information content (AvgIpc) is 3.63. The van der Waals surface area contributed by atoms with Crippen molar-refractivity contribution in [3.8, 4) is 28.7 Å². The molecule has 0 aromatic heterocycles. The van der Waals surface area contributed by atoms with Crippen LogP contribution in [0.5, 0.6) is 28.7 Å². The first kappa shape index (κ1) is 42.0. The maximum Gasteiger partial charge on any atom is 0.200 e. The number of phenols is 2. The van der Waals surface area contributed by atoms with Gasteiger partial charge in [0.05, 0.1) is 21.3 Å². The van der Waals surface area contributed by atoms with Gasteiger partial charge in [-0.1, -0.05) is 37.5 Å². The van der Waals surface area contributed by atoms with E-state index in [0.29, 0.717) is 52.9 Å². The van der Waals surface area contributed by atoms with E-state index < -0.39 is 0 Å². The van der Waals surface area contributed by atoms with Crippen LogP contribution in [-0.4, -0.2) is 61.5 Å².